The van der Waals surface area contributed by atoms with Crippen LogP contribution in [0.15, 0.2) is 35.7 Å². The average Bonchev–Trinajstić information content (AvgIpc) is 2.68. The molecule has 0 spiro atoms. The predicted octanol–water partition coefficient (Wildman–Crippen LogP) is 3.44. The zero-order valence-corrected chi connectivity index (χ0v) is 9.93. The van der Waals surface area contributed by atoms with E-state index in [0.29, 0.717) is 0 Å². The van der Waals surface area contributed by atoms with Crippen LogP contribution in [-0.4, -0.2) is 0 Å². The average molecular weight is 235 g/mol. The molecule has 2 N–H and O–H groups in total. The Kier molecular flexibility index (Phi) is 3.36. The highest BCUT2D eigenvalue weighted by atomic mass is 32.1. The summed E-state index contributed by atoms with van der Waals surface area (Å²) in [4.78, 5) is 1.23. The van der Waals surface area contributed by atoms with E-state index < -0.39 is 0 Å². The molecule has 0 aliphatic rings. The number of hydrogen-bond donors (Lipinski definition) is 1. The van der Waals surface area contributed by atoms with Gasteiger partial charge in [0, 0.05) is 17.3 Å². The van der Waals surface area contributed by atoms with Crippen LogP contribution in [0.1, 0.15) is 22.0 Å². The summed E-state index contributed by atoms with van der Waals surface area (Å²) in [6, 6.07) is 8.90. The number of benzene rings is 1. The highest BCUT2D eigenvalue weighted by Gasteiger charge is 2.09. The number of thiophene rings is 1. The van der Waals surface area contributed by atoms with Gasteiger partial charge in [-0.1, -0.05) is 12.1 Å². The number of hydrogen-bond acceptors (Lipinski definition) is 2. The van der Waals surface area contributed by atoms with Crippen molar-refractivity contribution in [2.45, 2.75) is 19.4 Å². The summed E-state index contributed by atoms with van der Waals surface area (Å²) in [5.41, 5.74) is 7.84. The Bertz CT molecular complexity index is 445. The van der Waals surface area contributed by atoms with Crippen molar-refractivity contribution in [2.24, 2.45) is 5.73 Å². The maximum Gasteiger partial charge on any atom is 0.123 e. The molecule has 1 atom stereocenters. The van der Waals surface area contributed by atoms with Crippen LogP contribution in [0.3, 0.4) is 0 Å². The van der Waals surface area contributed by atoms with Crippen LogP contribution in [-0.2, 0) is 6.42 Å². The molecule has 0 bridgehead atoms. The first-order chi connectivity index (χ1) is 7.65. The predicted molar refractivity (Wildman–Crippen MR) is 66.1 cm³/mol. The zero-order valence-electron chi connectivity index (χ0n) is 9.11. The van der Waals surface area contributed by atoms with E-state index in [2.05, 4.69) is 6.07 Å². The molecule has 0 aliphatic heterocycles. The van der Waals surface area contributed by atoms with E-state index in [4.69, 9.17) is 5.73 Å². The van der Waals surface area contributed by atoms with Gasteiger partial charge in [0.25, 0.3) is 0 Å². The number of nitrogens with two attached hydrogens (primary N) is 1. The maximum absolute atomic E-state index is 13.2. The first kappa shape index (κ1) is 11.3. The van der Waals surface area contributed by atoms with E-state index >= 15 is 0 Å². The second-order valence-corrected chi connectivity index (χ2v) is 4.98. The van der Waals surface area contributed by atoms with Crippen LogP contribution in [0, 0.1) is 12.7 Å². The Morgan fingerprint density at radius 1 is 1.38 bits per heavy atom. The Morgan fingerprint density at radius 2 is 2.19 bits per heavy atom. The number of aryl methyl sites for hydroxylation is 1. The monoisotopic (exact) mass is 235 g/mol. The Morgan fingerprint density at radius 3 is 2.81 bits per heavy atom. The van der Waals surface area contributed by atoms with Gasteiger partial charge in [-0.3, -0.25) is 0 Å². The van der Waals surface area contributed by atoms with Crippen molar-refractivity contribution in [1.82, 2.24) is 0 Å². The third-order valence-electron chi connectivity index (χ3n) is 2.49. The summed E-state index contributed by atoms with van der Waals surface area (Å²) in [6.07, 6.45) is 0.764. The fourth-order valence-electron chi connectivity index (χ4n) is 1.74. The summed E-state index contributed by atoms with van der Waals surface area (Å²) in [5.74, 6) is -0.211. The van der Waals surface area contributed by atoms with Crippen LogP contribution in [0.4, 0.5) is 4.39 Å². The molecule has 0 amide bonds. The van der Waals surface area contributed by atoms with Crippen LogP contribution in [0.5, 0.6) is 0 Å². The van der Waals surface area contributed by atoms with E-state index in [1.165, 1.54) is 17.0 Å². The van der Waals surface area contributed by atoms with Crippen molar-refractivity contribution < 1.29 is 4.39 Å². The largest absolute Gasteiger partial charge is 0.324 e. The molecule has 1 aromatic heterocycles. The smallest absolute Gasteiger partial charge is 0.123 e. The molecule has 84 valence electrons. The van der Waals surface area contributed by atoms with Crippen LogP contribution in [0.2, 0.25) is 0 Å². The highest BCUT2D eigenvalue weighted by molar-refractivity contribution is 7.09. The molecular weight excluding hydrogens is 221 g/mol. The van der Waals surface area contributed by atoms with E-state index in [1.807, 2.05) is 24.4 Å². The van der Waals surface area contributed by atoms with E-state index in [9.17, 15) is 4.39 Å². The van der Waals surface area contributed by atoms with Gasteiger partial charge in [0.1, 0.15) is 5.82 Å². The molecule has 0 saturated heterocycles. The van der Waals surface area contributed by atoms with Crippen molar-refractivity contribution in [1.29, 1.82) is 0 Å². The number of halogens is 1. The Balaban J connectivity index is 2.17. The minimum Gasteiger partial charge on any atom is -0.324 e. The van der Waals surface area contributed by atoms with E-state index in [-0.39, 0.29) is 11.9 Å². The second kappa shape index (κ2) is 4.76. The SMILES string of the molecule is Cc1cc(F)cc(C(N)Cc2cccs2)c1. The number of rotatable bonds is 3. The van der Waals surface area contributed by atoms with Gasteiger partial charge in [0.2, 0.25) is 0 Å². The fourth-order valence-corrected chi connectivity index (χ4v) is 2.51. The molecule has 1 nitrogen and oxygen atoms in total. The molecule has 0 radical (unpaired) electrons. The molecule has 0 aliphatic carbocycles. The van der Waals surface area contributed by atoms with Crippen molar-refractivity contribution in [3.63, 3.8) is 0 Å². The summed E-state index contributed by atoms with van der Waals surface area (Å²) < 4.78 is 13.2. The quantitative estimate of drug-likeness (QED) is 0.866. The van der Waals surface area contributed by atoms with Crippen LogP contribution < -0.4 is 5.73 Å². The van der Waals surface area contributed by atoms with Crippen molar-refractivity contribution in [2.75, 3.05) is 0 Å². The van der Waals surface area contributed by atoms with E-state index in [1.54, 1.807) is 11.3 Å². The highest BCUT2D eigenvalue weighted by Crippen LogP contribution is 2.21. The topological polar surface area (TPSA) is 26.0 Å². The summed E-state index contributed by atoms with van der Waals surface area (Å²) in [5, 5.41) is 2.03. The normalized spacial score (nSPS) is 12.7. The van der Waals surface area contributed by atoms with Gasteiger partial charge in [0.15, 0.2) is 0 Å². The first-order valence-electron chi connectivity index (χ1n) is 5.20. The lowest BCUT2D eigenvalue weighted by molar-refractivity contribution is 0.617. The summed E-state index contributed by atoms with van der Waals surface area (Å²) in [7, 11) is 0. The van der Waals surface area contributed by atoms with Crippen LogP contribution >= 0.6 is 11.3 Å². The Labute approximate surface area is 98.7 Å². The molecule has 3 heteroatoms. The van der Waals surface area contributed by atoms with Gasteiger partial charge in [-0.25, -0.2) is 4.39 Å². The molecule has 0 saturated carbocycles. The summed E-state index contributed by atoms with van der Waals surface area (Å²) in [6.45, 7) is 1.88. The first-order valence-corrected chi connectivity index (χ1v) is 6.08. The molecule has 1 unspecified atom stereocenters. The van der Waals surface area contributed by atoms with Crippen molar-refractivity contribution in [3.8, 4) is 0 Å². The lowest BCUT2D eigenvalue weighted by Crippen LogP contribution is -2.13. The minimum atomic E-state index is -0.211. The van der Waals surface area contributed by atoms with Gasteiger partial charge >= 0.3 is 0 Å². The van der Waals surface area contributed by atoms with Crippen molar-refractivity contribution in [3.05, 3.63) is 57.5 Å². The molecule has 1 heterocycles. The molecule has 2 rings (SSSR count). The molecule has 2 aromatic rings. The summed E-state index contributed by atoms with van der Waals surface area (Å²) >= 11 is 1.68. The van der Waals surface area contributed by atoms with Gasteiger partial charge < -0.3 is 5.73 Å². The van der Waals surface area contributed by atoms with Crippen LogP contribution in [0.25, 0.3) is 0 Å². The van der Waals surface area contributed by atoms with Crippen molar-refractivity contribution >= 4 is 11.3 Å². The molecule has 0 fully saturated rings. The Hall–Kier alpha value is -1.19. The lowest BCUT2D eigenvalue weighted by atomic mass is 10.0. The molecule has 1 aromatic carbocycles. The second-order valence-electron chi connectivity index (χ2n) is 3.95. The van der Waals surface area contributed by atoms with E-state index in [0.717, 1.165) is 17.5 Å². The maximum atomic E-state index is 13.2. The minimum absolute atomic E-state index is 0.131. The third-order valence-corrected chi connectivity index (χ3v) is 3.39. The zero-order chi connectivity index (χ0) is 11.5. The van der Waals surface area contributed by atoms with Gasteiger partial charge in [-0.15, -0.1) is 11.3 Å². The van der Waals surface area contributed by atoms with Gasteiger partial charge in [-0.05, 0) is 41.6 Å². The van der Waals surface area contributed by atoms with Gasteiger partial charge in [0.05, 0.1) is 0 Å². The van der Waals surface area contributed by atoms with Gasteiger partial charge in [-0.2, -0.15) is 0 Å². The standard InChI is InChI=1S/C13H14FNS/c1-9-5-10(7-11(14)6-9)13(15)8-12-3-2-4-16-12/h2-7,13H,8,15H2,1H3. The third kappa shape index (κ3) is 2.68. The molecule has 16 heavy (non-hydrogen) atoms. The fraction of sp³-hybridized carbons (Fsp3) is 0.231. The molecular formula is C13H14FNS. The lowest BCUT2D eigenvalue weighted by Gasteiger charge is -2.11.